The molecule has 2 aromatic carbocycles. The highest BCUT2D eigenvalue weighted by molar-refractivity contribution is 5.56. The zero-order valence-electron chi connectivity index (χ0n) is 14.3. The molecule has 2 rings (SSSR count). The van der Waals surface area contributed by atoms with E-state index in [1.165, 1.54) is 0 Å². The summed E-state index contributed by atoms with van der Waals surface area (Å²) in [7, 11) is 3.62. The standard InChI is InChI=1S/C19H25NO2/c1-12(2)17-11-16(7-8-18(17)21-6)22-19-13(3)9-15(20-5)10-14(19)4/h7-12,20H,1-6H3. The average molecular weight is 299 g/mol. The van der Waals surface area contributed by atoms with Crippen molar-refractivity contribution in [2.45, 2.75) is 33.6 Å². The predicted octanol–water partition coefficient (Wildman–Crippen LogP) is 5.27. The Labute approximate surface area is 133 Å². The third-order valence-corrected chi connectivity index (χ3v) is 3.79. The SMILES string of the molecule is CNc1cc(C)c(Oc2ccc(OC)c(C(C)C)c2)c(C)c1. The van der Waals surface area contributed by atoms with Crippen LogP contribution in [0.25, 0.3) is 0 Å². The molecular formula is C19H25NO2. The quantitative estimate of drug-likeness (QED) is 0.816. The number of hydrogen-bond acceptors (Lipinski definition) is 3. The predicted molar refractivity (Wildman–Crippen MR) is 92.6 cm³/mol. The Kier molecular flexibility index (Phi) is 4.96. The highest BCUT2D eigenvalue weighted by atomic mass is 16.5. The molecule has 0 unspecified atom stereocenters. The van der Waals surface area contributed by atoms with Crippen molar-refractivity contribution >= 4 is 5.69 Å². The van der Waals surface area contributed by atoms with Gasteiger partial charge in [0.25, 0.3) is 0 Å². The molecule has 0 amide bonds. The van der Waals surface area contributed by atoms with Gasteiger partial charge in [-0.15, -0.1) is 0 Å². The number of benzene rings is 2. The topological polar surface area (TPSA) is 30.5 Å². The second-order valence-electron chi connectivity index (χ2n) is 5.85. The summed E-state index contributed by atoms with van der Waals surface area (Å²) >= 11 is 0. The van der Waals surface area contributed by atoms with Crippen LogP contribution < -0.4 is 14.8 Å². The second-order valence-corrected chi connectivity index (χ2v) is 5.85. The molecule has 3 nitrogen and oxygen atoms in total. The van der Waals surface area contributed by atoms with Crippen molar-refractivity contribution in [3.8, 4) is 17.2 Å². The van der Waals surface area contributed by atoms with Gasteiger partial charge in [0.05, 0.1) is 7.11 Å². The fourth-order valence-corrected chi connectivity index (χ4v) is 2.60. The molecule has 0 aliphatic heterocycles. The van der Waals surface area contributed by atoms with Gasteiger partial charge < -0.3 is 14.8 Å². The minimum absolute atomic E-state index is 0.382. The Morgan fingerprint density at radius 3 is 2.14 bits per heavy atom. The molecule has 1 N–H and O–H groups in total. The van der Waals surface area contributed by atoms with E-state index in [1.807, 2.05) is 19.2 Å². The molecule has 0 aliphatic rings. The van der Waals surface area contributed by atoms with Crippen LogP contribution in [0.3, 0.4) is 0 Å². The molecule has 3 heteroatoms. The number of ether oxygens (including phenoxy) is 2. The lowest BCUT2D eigenvalue weighted by Gasteiger charge is -2.17. The first-order chi connectivity index (χ1) is 10.5. The van der Waals surface area contributed by atoms with Crippen LogP contribution in [-0.4, -0.2) is 14.2 Å². The Bertz CT molecular complexity index is 639. The van der Waals surface area contributed by atoms with Gasteiger partial charge in [0.2, 0.25) is 0 Å². The maximum Gasteiger partial charge on any atom is 0.133 e. The lowest BCUT2D eigenvalue weighted by atomic mass is 10.0. The normalized spacial score (nSPS) is 10.7. The first kappa shape index (κ1) is 16.2. The van der Waals surface area contributed by atoms with Crippen LogP contribution in [0.15, 0.2) is 30.3 Å². The summed E-state index contributed by atoms with van der Waals surface area (Å²) in [5.74, 6) is 3.04. The maximum absolute atomic E-state index is 6.15. The summed E-state index contributed by atoms with van der Waals surface area (Å²) in [6, 6.07) is 10.2. The molecule has 2 aromatic rings. The van der Waals surface area contributed by atoms with E-state index >= 15 is 0 Å². The van der Waals surface area contributed by atoms with E-state index in [1.54, 1.807) is 7.11 Å². The number of rotatable bonds is 5. The fraction of sp³-hybridized carbons (Fsp3) is 0.368. The highest BCUT2D eigenvalue weighted by Gasteiger charge is 2.12. The summed E-state index contributed by atoms with van der Waals surface area (Å²) in [5, 5.41) is 3.17. The van der Waals surface area contributed by atoms with Crippen molar-refractivity contribution in [2.75, 3.05) is 19.5 Å². The van der Waals surface area contributed by atoms with Crippen LogP contribution in [0.2, 0.25) is 0 Å². The Morgan fingerprint density at radius 2 is 1.64 bits per heavy atom. The third-order valence-electron chi connectivity index (χ3n) is 3.79. The molecule has 118 valence electrons. The van der Waals surface area contributed by atoms with Gasteiger partial charge >= 0.3 is 0 Å². The minimum atomic E-state index is 0.382. The number of anilines is 1. The molecule has 0 radical (unpaired) electrons. The molecule has 0 bridgehead atoms. The van der Waals surface area contributed by atoms with Crippen molar-refractivity contribution < 1.29 is 9.47 Å². The van der Waals surface area contributed by atoms with Gasteiger partial charge in [0, 0.05) is 18.3 Å². The monoisotopic (exact) mass is 299 g/mol. The molecule has 0 atom stereocenters. The van der Waals surface area contributed by atoms with E-state index in [0.717, 1.165) is 39.6 Å². The fourth-order valence-electron chi connectivity index (χ4n) is 2.60. The van der Waals surface area contributed by atoms with E-state index in [2.05, 4.69) is 51.2 Å². The van der Waals surface area contributed by atoms with Gasteiger partial charge in [0.15, 0.2) is 0 Å². The van der Waals surface area contributed by atoms with Crippen LogP contribution in [0, 0.1) is 13.8 Å². The molecule has 0 saturated carbocycles. The Morgan fingerprint density at radius 1 is 1.00 bits per heavy atom. The van der Waals surface area contributed by atoms with Crippen LogP contribution in [0.1, 0.15) is 36.5 Å². The lowest BCUT2D eigenvalue weighted by Crippen LogP contribution is -1.98. The highest BCUT2D eigenvalue weighted by Crippen LogP contribution is 2.35. The average Bonchev–Trinajstić information content (AvgIpc) is 2.50. The van der Waals surface area contributed by atoms with Gasteiger partial charge in [-0.25, -0.2) is 0 Å². The van der Waals surface area contributed by atoms with E-state index in [9.17, 15) is 0 Å². The van der Waals surface area contributed by atoms with Gasteiger partial charge in [-0.2, -0.15) is 0 Å². The lowest BCUT2D eigenvalue weighted by molar-refractivity contribution is 0.405. The second kappa shape index (κ2) is 6.73. The van der Waals surface area contributed by atoms with Crippen molar-refractivity contribution in [2.24, 2.45) is 0 Å². The van der Waals surface area contributed by atoms with E-state index < -0.39 is 0 Å². The molecule has 0 aromatic heterocycles. The summed E-state index contributed by atoms with van der Waals surface area (Å²) in [6.07, 6.45) is 0. The van der Waals surface area contributed by atoms with Crippen LogP contribution in [0.5, 0.6) is 17.2 Å². The Hall–Kier alpha value is -2.16. The van der Waals surface area contributed by atoms with Crippen molar-refractivity contribution in [3.63, 3.8) is 0 Å². The van der Waals surface area contributed by atoms with Crippen molar-refractivity contribution in [1.82, 2.24) is 0 Å². The zero-order chi connectivity index (χ0) is 16.3. The summed E-state index contributed by atoms with van der Waals surface area (Å²) in [5.41, 5.74) is 4.49. The first-order valence-electron chi connectivity index (χ1n) is 7.61. The first-order valence-corrected chi connectivity index (χ1v) is 7.61. The smallest absolute Gasteiger partial charge is 0.133 e. The molecule has 0 spiro atoms. The molecule has 0 heterocycles. The largest absolute Gasteiger partial charge is 0.496 e. The van der Waals surface area contributed by atoms with Gasteiger partial charge in [-0.3, -0.25) is 0 Å². The van der Waals surface area contributed by atoms with Crippen molar-refractivity contribution in [3.05, 3.63) is 47.0 Å². The summed E-state index contributed by atoms with van der Waals surface area (Å²) < 4.78 is 11.6. The van der Waals surface area contributed by atoms with E-state index in [-0.39, 0.29) is 0 Å². The van der Waals surface area contributed by atoms with Gasteiger partial charge in [0.1, 0.15) is 17.2 Å². The van der Waals surface area contributed by atoms with Crippen LogP contribution in [0.4, 0.5) is 5.69 Å². The van der Waals surface area contributed by atoms with E-state index in [4.69, 9.17) is 9.47 Å². The number of aryl methyl sites for hydroxylation is 2. The zero-order valence-corrected chi connectivity index (χ0v) is 14.3. The third kappa shape index (κ3) is 3.35. The molecule has 0 fully saturated rings. The minimum Gasteiger partial charge on any atom is -0.496 e. The number of hydrogen-bond donors (Lipinski definition) is 1. The molecule has 0 aliphatic carbocycles. The number of methoxy groups -OCH3 is 1. The maximum atomic E-state index is 6.15. The van der Waals surface area contributed by atoms with Crippen molar-refractivity contribution in [1.29, 1.82) is 0 Å². The number of nitrogens with one attached hydrogen (secondary N) is 1. The molecule has 22 heavy (non-hydrogen) atoms. The van der Waals surface area contributed by atoms with Gasteiger partial charge in [-0.1, -0.05) is 13.8 Å². The van der Waals surface area contributed by atoms with Gasteiger partial charge in [-0.05, 0) is 61.2 Å². The van der Waals surface area contributed by atoms with Crippen LogP contribution >= 0.6 is 0 Å². The van der Waals surface area contributed by atoms with Crippen LogP contribution in [-0.2, 0) is 0 Å². The Balaban J connectivity index is 2.37. The van der Waals surface area contributed by atoms with E-state index in [0.29, 0.717) is 5.92 Å². The molecular weight excluding hydrogens is 274 g/mol. The molecule has 0 saturated heterocycles. The summed E-state index contributed by atoms with van der Waals surface area (Å²) in [4.78, 5) is 0. The summed E-state index contributed by atoms with van der Waals surface area (Å²) in [6.45, 7) is 8.44.